The average Bonchev–Trinajstić information content (AvgIpc) is 3.33. The topological polar surface area (TPSA) is 75.4 Å². The number of anilines is 1. The summed E-state index contributed by atoms with van der Waals surface area (Å²) in [6.07, 6.45) is -3.92. The number of piperazine rings is 1. The van der Waals surface area contributed by atoms with Gasteiger partial charge in [-0.2, -0.15) is 18.2 Å². The zero-order valence-electron chi connectivity index (χ0n) is 21.1. The Hall–Kier alpha value is -3.37. The second-order valence-corrected chi connectivity index (χ2v) is 10.6. The first-order valence-electron chi connectivity index (χ1n) is 12.3. The Kier molecular flexibility index (Phi) is 7.43. The van der Waals surface area contributed by atoms with Crippen molar-refractivity contribution in [3.05, 3.63) is 69.5 Å². The molecule has 5 rings (SSSR count). The molecule has 0 unspecified atom stereocenters. The smallest absolute Gasteiger partial charge is 0.352 e. The van der Waals surface area contributed by atoms with Crippen LogP contribution in [0.25, 0.3) is 22.4 Å². The maximum atomic E-state index is 13.4. The molecule has 0 bridgehead atoms. The molecule has 1 fully saturated rings. The summed E-state index contributed by atoms with van der Waals surface area (Å²) in [7, 11) is 0. The van der Waals surface area contributed by atoms with Crippen molar-refractivity contribution in [2.45, 2.75) is 26.4 Å². The van der Waals surface area contributed by atoms with Gasteiger partial charge < -0.3 is 14.3 Å². The lowest BCUT2D eigenvalue weighted by atomic mass is 10.0. The summed E-state index contributed by atoms with van der Waals surface area (Å²) in [6.45, 7) is 5.74. The summed E-state index contributed by atoms with van der Waals surface area (Å²) in [5, 5.41) is 5.21. The van der Waals surface area contributed by atoms with Gasteiger partial charge in [0.2, 0.25) is 0 Å². The highest BCUT2D eigenvalue weighted by Crippen LogP contribution is 2.37. The van der Waals surface area contributed by atoms with E-state index in [2.05, 4.69) is 10.1 Å². The minimum Gasteiger partial charge on any atom is -0.352 e. The van der Waals surface area contributed by atoms with Gasteiger partial charge in [-0.15, -0.1) is 0 Å². The molecule has 1 aliphatic rings. The number of aromatic nitrogens is 3. The first kappa shape index (κ1) is 27.2. The fraction of sp³-hybridized carbons (Fsp3) is 0.333. The second kappa shape index (κ2) is 10.7. The predicted molar refractivity (Wildman–Crippen MR) is 143 cm³/mol. The first-order chi connectivity index (χ1) is 18.5. The van der Waals surface area contributed by atoms with Crippen molar-refractivity contribution < 1.29 is 22.5 Å². The molecule has 1 aliphatic heterocycles. The molecule has 4 aromatic rings. The van der Waals surface area contributed by atoms with Gasteiger partial charge in [0.1, 0.15) is 22.7 Å². The number of hydrogen-bond acceptors (Lipinski definition) is 6. The lowest BCUT2D eigenvalue weighted by molar-refractivity contribution is -0.137. The highest BCUT2D eigenvalue weighted by molar-refractivity contribution is 6.42. The maximum absolute atomic E-state index is 13.4. The third-order valence-corrected chi connectivity index (χ3v) is 7.19. The Morgan fingerprint density at radius 2 is 1.77 bits per heavy atom. The molecular formula is C27H24Cl2F3N5O2. The Labute approximate surface area is 232 Å². The van der Waals surface area contributed by atoms with Crippen LogP contribution in [0.3, 0.4) is 0 Å². The summed E-state index contributed by atoms with van der Waals surface area (Å²) in [4.78, 5) is 26.1. The lowest BCUT2D eigenvalue weighted by Crippen LogP contribution is -2.49. The van der Waals surface area contributed by atoms with E-state index in [1.165, 1.54) is 6.07 Å². The highest BCUT2D eigenvalue weighted by Gasteiger charge is 2.32. The van der Waals surface area contributed by atoms with E-state index in [0.29, 0.717) is 65.2 Å². The van der Waals surface area contributed by atoms with Gasteiger partial charge in [-0.1, -0.05) is 54.3 Å². The van der Waals surface area contributed by atoms with Crippen molar-refractivity contribution in [3.63, 3.8) is 0 Å². The van der Waals surface area contributed by atoms with Crippen molar-refractivity contribution in [2.24, 2.45) is 5.92 Å². The van der Waals surface area contributed by atoms with Crippen LogP contribution in [-0.2, 0) is 12.6 Å². The SMILES string of the molecule is CC(C)Cc1nc(N2CCN(C(=O)c3ccc(Cl)c(Cl)c3)CC2)c2c(-c3cccc(C(F)(F)F)c3)noc2n1. The molecule has 12 heteroatoms. The van der Waals surface area contributed by atoms with Gasteiger partial charge in [0, 0.05) is 43.7 Å². The molecule has 0 N–H and O–H groups in total. The Morgan fingerprint density at radius 3 is 2.44 bits per heavy atom. The summed E-state index contributed by atoms with van der Waals surface area (Å²) in [6, 6.07) is 9.69. The highest BCUT2D eigenvalue weighted by atomic mass is 35.5. The number of carbonyl (C=O) groups is 1. The molecule has 204 valence electrons. The molecule has 0 atom stereocenters. The number of nitrogens with zero attached hydrogens (tertiary/aromatic N) is 5. The summed E-state index contributed by atoms with van der Waals surface area (Å²) < 4.78 is 45.8. The van der Waals surface area contributed by atoms with Gasteiger partial charge in [0.25, 0.3) is 11.6 Å². The molecule has 2 aromatic heterocycles. The van der Waals surface area contributed by atoms with E-state index in [1.54, 1.807) is 29.2 Å². The number of rotatable bonds is 5. The number of carbonyl (C=O) groups excluding carboxylic acids is 1. The summed E-state index contributed by atoms with van der Waals surface area (Å²) in [5.41, 5.74) is 0.337. The van der Waals surface area contributed by atoms with Crippen molar-refractivity contribution in [2.75, 3.05) is 31.1 Å². The Morgan fingerprint density at radius 1 is 1.03 bits per heavy atom. The average molecular weight is 578 g/mol. The van der Waals surface area contributed by atoms with Crippen molar-refractivity contribution >= 4 is 46.0 Å². The molecule has 7 nitrogen and oxygen atoms in total. The van der Waals surface area contributed by atoms with Crippen LogP contribution in [-0.4, -0.2) is 52.1 Å². The normalized spacial score (nSPS) is 14.5. The third-order valence-electron chi connectivity index (χ3n) is 6.45. The number of alkyl halides is 3. The lowest BCUT2D eigenvalue weighted by Gasteiger charge is -2.35. The molecule has 1 amide bonds. The quantitative estimate of drug-likeness (QED) is 0.260. The molecule has 39 heavy (non-hydrogen) atoms. The maximum Gasteiger partial charge on any atom is 0.416 e. The van der Waals surface area contributed by atoms with Gasteiger partial charge in [0.15, 0.2) is 0 Å². The molecule has 0 radical (unpaired) electrons. The van der Waals surface area contributed by atoms with E-state index in [1.807, 2.05) is 18.7 Å². The van der Waals surface area contributed by atoms with Gasteiger partial charge in [-0.3, -0.25) is 4.79 Å². The molecule has 0 saturated carbocycles. The van der Waals surface area contributed by atoms with E-state index >= 15 is 0 Å². The molecule has 3 heterocycles. The van der Waals surface area contributed by atoms with Gasteiger partial charge >= 0.3 is 6.18 Å². The van der Waals surface area contributed by atoms with E-state index in [4.69, 9.17) is 32.7 Å². The number of hydrogen-bond donors (Lipinski definition) is 0. The van der Waals surface area contributed by atoms with Crippen molar-refractivity contribution in [3.8, 4) is 11.3 Å². The van der Waals surface area contributed by atoms with Gasteiger partial charge in [0.05, 0.1) is 15.6 Å². The standard InChI is InChI=1S/C27H24Cl2F3N5O2/c1-15(2)12-21-33-24(36-8-10-37(11-9-36)26(38)17-6-7-19(28)20(29)14-17)22-23(35-39-25(22)34-21)16-4-3-5-18(13-16)27(30,31)32/h3-7,13-15H,8-12H2,1-2H3. The van der Waals surface area contributed by atoms with Gasteiger partial charge in [-0.25, -0.2) is 4.98 Å². The Bertz CT molecular complexity index is 1530. The number of amides is 1. The third kappa shape index (κ3) is 5.67. The van der Waals surface area contributed by atoms with Crippen molar-refractivity contribution in [1.82, 2.24) is 20.0 Å². The number of halogens is 5. The van der Waals surface area contributed by atoms with E-state index in [0.717, 1.165) is 12.1 Å². The summed E-state index contributed by atoms with van der Waals surface area (Å²) >= 11 is 12.1. The van der Waals surface area contributed by atoms with Crippen molar-refractivity contribution in [1.29, 1.82) is 0 Å². The largest absolute Gasteiger partial charge is 0.416 e. The molecule has 0 spiro atoms. The van der Waals surface area contributed by atoms with Crippen LogP contribution in [0.2, 0.25) is 10.0 Å². The molecule has 0 aliphatic carbocycles. The molecule has 1 saturated heterocycles. The fourth-order valence-electron chi connectivity index (χ4n) is 4.54. The van der Waals surface area contributed by atoms with E-state index < -0.39 is 11.7 Å². The Balaban J connectivity index is 1.49. The van der Waals surface area contributed by atoms with Crippen LogP contribution in [0, 0.1) is 5.92 Å². The van der Waals surface area contributed by atoms with Crippen LogP contribution in [0.5, 0.6) is 0 Å². The number of fused-ring (bicyclic) bond motifs is 1. The fourth-order valence-corrected chi connectivity index (χ4v) is 4.84. The van der Waals surface area contributed by atoms with Crippen LogP contribution < -0.4 is 4.90 Å². The minimum atomic E-state index is -4.50. The first-order valence-corrected chi connectivity index (χ1v) is 13.1. The molecular weight excluding hydrogens is 554 g/mol. The predicted octanol–water partition coefficient (Wildman–Crippen LogP) is 6.77. The van der Waals surface area contributed by atoms with E-state index in [9.17, 15) is 18.0 Å². The summed E-state index contributed by atoms with van der Waals surface area (Å²) in [5.74, 6) is 1.16. The van der Waals surface area contributed by atoms with E-state index in [-0.39, 0.29) is 28.8 Å². The van der Waals surface area contributed by atoms with Crippen LogP contribution >= 0.6 is 23.2 Å². The minimum absolute atomic E-state index is 0.170. The van der Waals surface area contributed by atoms with Crippen LogP contribution in [0.15, 0.2) is 47.0 Å². The zero-order valence-corrected chi connectivity index (χ0v) is 22.6. The van der Waals surface area contributed by atoms with Crippen LogP contribution in [0.4, 0.5) is 19.0 Å². The monoisotopic (exact) mass is 577 g/mol. The molecule has 2 aromatic carbocycles. The number of benzene rings is 2. The zero-order chi connectivity index (χ0) is 27.9. The van der Waals surface area contributed by atoms with Crippen LogP contribution in [0.1, 0.15) is 35.6 Å². The van der Waals surface area contributed by atoms with Gasteiger partial charge in [-0.05, 0) is 36.2 Å². The second-order valence-electron chi connectivity index (χ2n) is 9.76.